The number of benzene rings is 2. The number of anilines is 1. The molecule has 2 unspecified atom stereocenters. The fraction of sp³-hybridized carbons (Fsp3) is 0.333. The van der Waals surface area contributed by atoms with E-state index >= 15 is 0 Å². The maximum atomic E-state index is 5.30. The molecule has 2 fully saturated rings. The molecular formula is C24H26N2OS. The molecule has 2 aliphatic heterocycles. The second kappa shape index (κ2) is 7.61. The number of ether oxygens (including phenoxy) is 1. The van der Waals surface area contributed by atoms with E-state index in [1.165, 1.54) is 35.2 Å². The number of nitrogens with zero attached hydrogens (tertiary/aromatic N) is 2. The van der Waals surface area contributed by atoms with E-state index in [1.54, 1.807) is 18.4 Å². The van der Waals surface area contributed by atoms with E-state index in [0.29, 0.717) is 12.1 Å². The minimum atomic E-state index is 0.644. The van der Waals surface area contributed by atoms with Crippen molar-refractivity contribution < 1.29 is 4.74 Å². The topological polar surface area (TPSA) is 15.7 Å². The summed E-state index contributed by atoms with van der Waals surface area (Å²) in [5.74, 6) is 0.927. The Morgan fingerprint density at radius 3 is 2.43 bits per heavy atom. The summed E-state index contributed by atoms with van der Waals surface area (Å²) in [6, 6.07) is 21.1. The van der Waals surface area contributed by atoms with Crippen LogP contribution in [-0.4, -0.2) is 37.2 Å². The van der Waals surface area contributed by atoms with Gasteiger partial charge in [0.05, 0.1) is 7.11 Å². The minimum Gasteiger partial charge on any atom is -0.497 e. The Kier molecular flexibility index (Phi) is 4.83. The third-order valence-electron chi connectivity index (χ3n) is 6.22. The molecule has 0 radical (unpaired) electrons. The Morgan fingerprint density at radius 2 is 1.75 bits per heavy atom. The molecule has 0 amide bonds. The highest BCUT2D eigenvalue weighted by Gasteiger charge is 2.39. The molecule has 0 saturated carbocycles. The Morgan fingerprint density at radius 1 is 0.964 bits per heavy atom. The molecule has 28 heavy (non-hydrogen) atoms. The predicted molar refractivity (Wildman–Crippen MR) is 117 cm³/mol. The van der Waals surface area contributed by atoms with Crippen molar-refractivity contribution in [1.82, 2.24) is 4.90 Å². The highest BCUT2D eigenvalue weighted by molar-refractivity contribution is 7.08. The summed E-state index contributed by atoms with van der Waals surface area (Å²) in [4.78, 5) is 5.30. The highest BCUT2D eigenvalue weighted by atomic mass is 32.1. The van der Waals surface area contributed by atoms with Crippen LogP contribution in [0.3, 0.4) is 0 Å². The van der Waals surface area contributed by atoms with Gasteiger partial charge in [0.1, 0.15) is 5.75 Å². The molecule has 0 spiro atoms. The van der Waals surface area contributed by atoms with Gasteiger partial charge in [-0.05, 0) is 76.7 Å². The summed E-state index contributed by atoms with van der Waals surface area (Å²) in [7, 11) is 1.72. The monoisotopic (exact) mass is 390 g/mol. The minimum absolute atomic E-state index is 0.644. The van der Waals surface area contributed by atoms with Crippen LogP contribution in [0.4, 0.5) is 5.69 Å². The van der Waals surface area contributed by atoms with Gasteiger partial charge < -0.3 is 9.64 Å². The van der Waals surface area contributed by atoms with Crippen LogP contribution in [0.5, 0.6) is 5.75 Å². The van der Waals surface area contributed by atoms with E-state index in [1.807, 2.05) is 0 Å². The average Bonchev–Trinajstić information content (AvgIpc) is 3.35. The molecule has 3 nitrogen and oxygen atoms in total. The molecule has 2 atom stereocenters. The summed E-state index contributed by atoms with van der Waals surface area (Å²) < 4.78 is 5.30. The zero-order valence-corrected chi connectivity index (χ0v) is 17.1. The van der Waals surface area contributed by atoms with Crippen LogP contribution in [0.25, 0.3) is 11.1 Å². The Hall–Kier alpha value is -2.30. The van der Waals surface area contributed by atoms with Gasteiger partial charge in [-0.3, -0.25) is 4.90 Å². The van der Waals surface area contributed by atoms with Crippen molar-refractivity contribution >= 4 is 17.0 Å². The van der Waals surface area contributed by atoms with Gasteiger partial charge in [-0.15, -0.1) is 0 Å². The lowest BCUT2D eigenvalue weighted by Gasteiger charge is -2.42. The van der Waals surface area contributed by atoms with E-state index in [0.717, 1.165) is 25.4 Å². The molecule has 0 N–H and O–H groups in total. The van der Waals surface area contributed by atoms with Gasteiger partial charge in [0.2, 0.25) is 0 Å². The lowest BCUT2D eigenvalue weighted by Crippen LogP contribution is -2.53. The number of fused-ring (bicyclic) bond motifs is 2. The summed E-state index contributed by atoms with van der Waals surface area (Å²) in [6.45, 7) is 3.30. The molecule has 144 valence electrons. The van der Waals surface area contributed by atoms with Gasteiger partial charge in [0.25, 0.3) is 0 Å². The smallest absolute Gasteiger partial charge is 0.119 e. The van der Waals surface area contributed by atoms with Crippen molar-refractivity contribution in [3.8, 4) is 16.9 Å². The molecule has 3 aromatic rings. The highest BCUT2D eigenvalue weighted by Crippen LogP contribution is 2.35. The number of thiophene rings is 1. The Bertz CT molecular complexity index is 908. The van der Waals surface area contributed by atoms with E-state index in [9.17, 15) is 0 Å². The lowest BCUT2D eigenvalue weighted by molar-refractivity contribution is 0.160. The van der Waals surface area contributed by atoms with Crippen LogP contribution >= 0.6 is 11.3 Å². The second-order valence-corrected chi connectivity index (χ2v) is 8.65. The van der Waals surface area contributed by atoms with Crippen molar-refractivity contribution in [3.63, 3.8) is 0 Å². The summed E-state index contributed by atoms with van der Waals surface area (Å²) in [6.07, 6.45) is 2.61. The van der Waals surface area contributed by atoms with E-state index in [-0.39, 0.29) is 0 Å². The van der Waals surface area contributed by atoms with Crippen LogP contribution in [-0.2, 0) is 6.54 Å². The first-order valence-corrected chi connectivity index (χ1v) is 11.0. The second-order valence-electron chi connectivity index (χ2n) is 7.87. The van der Waals surface area contributed by atoms with Gasteiger partial charge in [-0.1, -0.05) is 18.2 Å². The Labute approximate surface area is 171 Å². The molecule has 2 aromatic carbocycles. The zero-order valence-electron chi connectivity index (χ0n) is 16.3. The van der Waals surface area contributed by atoms with Gasteiger partial charge in [0, 0.05) is 37.4 Å². The molecule has 0 aliphatic carbocycles. The fourth-order valence-electron chi connectivity index (χ4n) is 4.74. The molecule has 2 bridgehead atoms. The first-order valence-electron chi connectivity index (χ1n) is 10.1. The SMILES string of the molecule is COc1ccc(N2CC3CCC(C2)N3Cc2cccc(-c3ccsc3)c2)cc1. The largest absolute Gasteiger partial charge is 0.497 e. The zero-order chi connectivity index (χ0) is 18.9. The molecule has 5 rings (SSSR count). The quantitative estimate of drug-likeness (QED) is 0.590. The van der Waals surface area contributed by atoms with Crippen LogP contribution < -0.4 is 9.64 Å². The van der Waals surface area contributed by atoms with Crippen LogP contribution in [0.15, 0.2) is 65.4 Å². The van der Waals surface area contributed by atoms with Gasteiger partial charge in [-0.2, -0.15) is 11.3 Å². The van der Waals surface area contributed by atoms with Crippen molar-refractivity contribution in [2.75, 3.05) is 25.1 Å². The first kappa shape index (κ1) is 17.8. The van der Waals surface area contributed by atoms with Gasteiger partial charge in [0.15, 0.2) is 0 Å². The normalized spacial score (nSPS) is 21.8. The number of hydrogen-bond donors (Lipinski definition) is 0. The van der Waals surface area contributed by atoms with Gasteiger partial charge in [-0.25, -0.2) is 0 Å². The van der Waals surface area contributed by atoms with Crippen molar-refractivity contribution in [1.29, 1.82) is 0 Å². The maximum Gasteiger partial charge on any atom is 0.119 e. The van der Waals surface area contributed by atoms with Crippen LogP contribution in [0.2, 0.25) is 0 Å². The predicted octanol–water partition coefficient (Wildman–Crippen LogP) is 5.28. The fourth-order valence-corrected chi connectivity index (χ4v) is 5.41. The molecule has 3 heterocycles. The number of methoxy groups -OCH3 is 1. The van der Waals surface area contributed by atoms with E-state index in [2.05, 4.69) is 75.2 Å². The summed E-state index contributed by atoms with van der Waals surface area (Å²) in [5.41, 5.74) is 5.41. The maximum absolute atomic E-state index is 5.30. The average molecular weight is 391 g/mol. The van der Waals surface area contributed by atoms with Crippen molar-refractivity contribution in [3.05, 3.63) is 70.9 Å². The van der Waals surface area contributed by atoms with E-state index in [4.69, 9.17) is 4.74 Å². The van der Waals surface area contributed by atoms with Gasteiger partial charge >= 0.3 is 0 Å². The summed E-state index contributed by atoms with van der Waals surface area (Å²) in [5, 5.41) is 4.39. The molecule has 2 saturated heterocycles. The van der Waals surface area contributed by atoms with Crippen LogP contribution in [0.1, 0.15) is 18.4 Å². The first-order chi connectivity index (χ1) is 13.8. The Balaban J connectivity index is 1.30. The number of hydrogen-bond acceptors (Lipinski definition) is 4. The number of rotatable bonds is 5. The molecular weight excluding hydrogens is 364 g/mol. The molecule has 2 aliphatic rings. The summed E-state index contributed by atoms with van der Waals surface area (Å²) >= 11 is 1.76. The lowest BCUT2D eigenvalue weighted by atomic mass is 10.0. The van der Waals surface area contributed by atoms with E-state index < -0.39 is 0 Å². The number of piperazine rings is 1. The molecule has 1 aromatic heterocycles. The van der Waals surface area contributed by atoms with Crippen LogP contribution in [0, 0.1) is 0 Å². The van der Waals surface area contributed by atoms with Crippen molar-refractivity contribution in [2.24, 2.45) is 0 Å². The third kappa shape index (κ3) is 3.43. The third-order valence-corrected chi connectivity index (χ3v) is 6.90. The van der Waals surface area contributed by atoms with Crippen molar-refractivity contribution in [2.45, 2.75) is 31.5 Å². The molecule has 4 heteroatoms. The standard InChI is InChI=1S/C24H26N2OS/c1-27-24-9-7-21(8-10-24)25-15-22-5-6-23(16-25)26(22)14-18-3-2-4-19(13-18)20-11-12-28-17-20/h2-4,7-13,17,22-23H,5-6,14-16H2,1H3.